The van der Waals surface area contributed by atoms with Crippen LogP contribution in [0.3, 0.4) is 0 Å². The fourth-order valence-corrected chi connectivity index (χ4v) is 2.85. The van der Waals surface area contributed by atoms with Crippen LogP contribution in [0.1, 0.15) is 18.9 Å². The molecule has 0 aromatic heterocycles. The van der Waals surface area contributed by atoms with Crippen LogP contribution in [0.5, 0.6) is 0 Å². The Bertz CT molecular complexity index is 684. The second kappa shape index (κ2) is 8.39. The minimum atomic E-state index is -0.136. The molecule has 2 N–H and O–H groups in total. The maximum absolute atomic E-state index is 12.0. The van der Waals surface area contributed by atoms with E-state index in [1.807, 2.05) is 0 Å². The zero-order chi connectivity index (χ0) is 16.7. The van der Waals surface area contributed by atoms with Crippen LogP contribution in [0.2, 0.25) is 0 Å². The topological polar surface area (TPSA) is 58.2 Å². The summed E-state index contributed by atoms with van der Waals surface area (Å²) in [5.74, 6) is 0.549. The number of hydrogen-bond donors (Lipinski definition) is 2. The number of anilines is 2. The van der Waals surface area contributed by atoms with E-state index in [0.717, 1.165) is 10.6 Å². The molecule has 4 nitrogen and oxygen atoms in total. The average molecular weight is 328 g/mol. The predicted octanol–water partition coefficient (Wildman–Crippen LogP) is 4.07. The molecule has 0 spiro atoms. The highest BCUT2D eigenvalue weighted by molar-refractivity contribution is 7.99. The number of rotatable bonds is 6. The number of hydrogen-bond acceptors (Lipinski definition) is 3. The predicted molar refractivity (Wildman–Crippen MR) is 95.9 cm³/mol. The van der Waals surface area contributed by atoms with Gasteiger partial charge in [0.1, 0.15) is 0 Å². The Morgan fingerprint density at radius 3 is 2.30 bits per heavy atom. The summed E-state index contributed by atoms with van der Waals surface area (Å²) in [5.41, 5.74) is 2.58. The number of carbonyl (C=O) groups excluding carboxylic acids is 2. The van der Waals surface area contributed by atoms with Crippen molar-refractivity contribution >= 4 is 35.0 Å². The third-order valence-electron chi connectivity index (χ3n) is 3.09. The minimum absolute atomic E-state index is 0.0374. The smallest absolute Gasteiger partial charge is 0.225 e. The van der Waals surface area contributed by atoms with Crippen molar-refractivity contribution in [1.82, 2.24) is 0 Å². The van der Waals surface area contributed by atoms with Crippen LogP contribution in [0.4, 0.5) is 11.4 Å². The molecule has 0 aliphatic heterocycles. The highest BCUT2D eigenvalue weighted by Crippen LogP contribution is 2.20. The van der Waals surface area contributed by atoms with Gasteiger partial charge < -0.3 is 10.6 Å². The van der Waals surface area contributed by atoms with Crippen LogP contribution >= 0.6 is 11.8 Å². The van der Waals surface area contributed by atoms with E-state index in [0.29, 0.717) is 17.8 Å². The van der Waals surface area contributed by atoms with E-state index in [1.165, 1.54) is 12.5 Å². The molecule has 0 fully saturated rings. The van der Waals surface area contributed by atoms with Gasteiger partial charge in [-0.3, -0.25) is 9.59 Å². The Kier molecular flexibility index (Phi) is 6.23. The Morgan fingerprint density at radius 1 is 1.00 bits per heavy atom. The van der Waals surface area contributed by atoms with Gasteiger partial charge in [-0.25, -0.2) is 0 Å². The molecule has 2 aromatic rings. The van der Waals surface area contributed by atoms with Gasteiger partial charge in [-0.1, -0.05) is 23.8 Å². The highest BCUT2D eigenvalue weighted by atomic mass is 32.2. The van der Waals surface area contributed by atoms with Gasteiger partial charge in [0, 0.05) is 35.4 Å². The largest absolute Gasteiger partial charge is 0.326 e. The zero-order valence-electron chi connectivity index (χ0n) is 13.3. The van der Waals surface area contributed by atoms with E-state index in [2.05, 4.69) is 41.8 Å². The Hall–Kier alpha value is -2.27. The van der Waals surface area contributed by atoms with Gasteiger partial charge in [0.25, 0.3) is 0 Å². The van der Waals surface area contributed by atoms with Crippen LogP contribution in [-0.2, 0) is 9.59 Å². The molecule has 0 aliphatic carbocycles. The monoisotopic (exact) mass is 328 g/mol. The van der Waals surface area contributed by atoms with Crippen molar-refractivity contribution in [2.45, 2.75) is 25.2 Å². The van der Waals surface area contributed by atoms with Crippen LogP contribution < -0.4 is 10.6 Å². The van der Waals surface area contributed by atoms with E-state index in [-0.39, 0.29) is 11.8 Å². The van der Waals surface area contributed by atoms with E-state index in [1.54, 1.807) is 36.0 Å². The summed E-state index contributed by atoms with van der Waals surface area (Å²) in [6, 6.07) is 15.4. The third kappa shape index (κ3) is 6.16. The first-order valence-corrected chi connectivity index (χ1v) is 8.38. The van der Waals surface area contributed by atoms with Crippen LogP contribution in [0.25, 0.3) is 0 Å². The van der Waals surface area contributed by atoms with Crippen LogP contribution in [0, 0.1) is 6.92 Å². The molecule has 2 aromatic carbocycles. The first kappa shape index (κ1) is 17.1. The molecule has 0 bridgehead atoms. The Morgan fingerprint density at radius 2 is 1.65 bits per heavy atom. The van der Waals surface area contributed by atoms with Crippen molar-refractivity contribution in [3.8, 4) is 0 Å². The molecule has 0 unspecified atom stereocenters. The Balaban J connectivity index is 1.80. The standard InChI is InChI=1S/C18H20N2O2S/c1-13-6-8-17(9-7-13)23-11-10-18(22)20-16-5-3-4-15(12-16)19-14(2)21/h3-9,12H,10-11H2,1-2H3,(H,19,21)(H,20,22). The Labute approximate surface area is 140 Å². The van der Waals surface area contributed by atoms with Crippen molar-refractivity contribution < 1.29 is 9.59 Å². The first-order chi connectivity index (χ1) is 11.0. The van der Waals surface area contributed by atoms with Gasteiger partial charge in [-0.15, -0.1) is 11.8 Å². The maximum Gasteiger partial charge on any atom is 0.225 e. The lowest BCUT2D eigenvalue weighted by atomic mass is 10.2. The van der Waals surface area contributed by atoms with Gasteiger partial charge in [-0.2, -0.15) is 0 Å². The summed E-state index contributed by atoms with van der Waals surface area (Å²) in [4.78, 5) is 24.2. The number of benzene rings is 2. The van der Waals surface area contributed by atoms with E-state index >= 15 is 0 Å². The van der Waals surface area contributed by atoms with E-state index < -0.39 is 0 Å². The van der Waals surface area contributed by atoms with Gasteiger partial charge in [-0.05, 0) is 37.3 Å². The molecule has 0 saturated heterocycles. The van der Waals surface area contributed by atoms with Crippen molar-refractivity contribution in [3.05, 3.63) is 54.1 Å². The molecule has 0 heterocycles. The molecule has 0 aliphatic rings. The molecule has 5 heteroatoms. The van der Waals surface area contributed by atoms with Gasteiger partial charge >= 0.3 is 0 Å². The molecule has 2 rings (SSSR count). The van der Waals surface area contributed by atoms with Crippen molar-refractivity contribution in [3.63, 3.8) is 0 Å². The molecular weight excluding hydrogens is 308 g/mol. The highest BCUT2D eigenvalue weighted by Gasteiger charge is 2.04. The molecule has 0 atom stereocenters. The van der Waals surface area contributed by atoms with Crippen molar-refractivity contribution in [2.24, 2.45) is 0 Å². The summed E-state index contributed by atoms with van der Waals surface area (Å²) >= 11 is 1.66. The quantitative estimate of drug-likeness (QED) is 0.786. The number of nitrogens with one attached hydrogen (secondary N) is 2. The normalized spacial score (nSPS) is 10.2. The van der Waals surface area contributed by atoms with Crippen LogP contribution in [0.15, 0.2) is 53.4 Å². The lowest BCUT2D eigenvalue weighted by Crippen LogP contribution is -2.12. The zero-order valence-corrected chi connectivity index (χ0v) is 14.1. The van der Waals surface area contributed by atoms with Crippen molar-refractivity contribution in [1.29, 1.82) is 0 Å². The van der Waals surface area contributed by atoms with E-state index in [9.17, 15) is 9.59 Å². The summed E-state index contributed by atoms with van der Waals surface area (Å²) in [6.07, 6.45) is 0.433. The number of thioether (sulfide) groups is 1. The molecule has 2 amide bonds. The minimum Gasteiger partial charge on any atom is -0.326 e. The molecule has 0 saturated carbocycles. The fraction of sp³-hybridized carbons (Fsp3) is 0.222. The second-order valence-corrected chi connectivity index (χ2v) is 6.39. The van der Waals surface area contributed by atoms with Crippen molar-refractivity contribution in [2.75, 3.05) is 16.4 Å². The number of aryl methyl sites for hydroxylation is 1. The second-order valence-electron chi connectivity index (χ2n) is 5.22. The lowest BCUT2D eigenvalue weighted by Gasteiger charge is -2.08. The molecule has 23 heavy (non-hydrogen) atoms. The summed E-state index contributed by atoms with van der Waals surface area (Å²) in [6.45, 7) is 3.50. The molecular formula is C18H20N2O2S. The molecule has 120 valence electrons. The summed E-state index contributed by atoms with van der Waals surface area (Å²) in [5, 5.41) is 5.54. The number of amides is 2. The lowest BCUT2D eigenvalue weighted by molar-refractivity contribution is -0.116. The van der Waals surface area contributed by atoms with Crippen LogP contribution in [-0.4, -0.2) is 17.6 Å². The average Bonchev–Trinajstić information content (AvgIpc) is 2.49. The molecule has 0 radical (unpaired) electrons. The summed E-state index contributed by atoms with van der Waals surface area (Å²) in [7, 11) is 0. The van der Waals surface area contributed by atoms with E-state index in [4.69, 9.17) is 0 Å². The summed E-state index contributed by atoms with van der Waals surface area (Å²) < 4.78 is 0. The first-order valence-electron chi connectivity index (χ1n) is 7.40. The van der Waals surface area contributed by atoms with Gasteiger partial charge in [0.15, 0.2) is 0 Å². The number of carbonyl (C=O) groups is 2. The van der Waals surface area contributed by atoms with Gasteiger partial charge in [0.05, 0.1) is 0 Å². The van der Waals surface area contributed by atoms with Gasteiger partial charge in [0.2, 0.25) is 11.8 Å². The SMILES string of the molecule is CC(=O)Nc1cccc(NC(=O)CCSc2ccc(C)cc2)c1. The fourth-order valence-electron chi connectivity index (χ4n) is 2.00. The third-order valence-corrected chi connectivity index (χ3v) is 4.10. The maximum atomic E-state index is 12.0.